The second-order valence-corrected chi connectivity index (χ2v) is 11.5. The normalized spacial score (nSPS) is 16.4. The third-order valence-electron chi connectivity index (χ3n) is 8.19. The third kappa shape index (κ3) is 9.44. The molecule has 1 aromatic heterocycles. The molecule has 1 aliphatic heterocycles. The number of nitrogens with zero attached hydrogens (tertiary/aromatic N) is 3. The van der Waals surface area contributed by atoms with Crippen LogP contribution in [0.2, 0.25) is 0 Å². The van der Waals surface area contributed by atoms with Gasteiger partial charge >= 0.3 is 12.2 Å². The lowest BCUT2D eigenvalue weighted by molar-refractivity contribution is -0.119. The fourth-order valence-electron chi connectivity index (χ4n) is 5.61. The lowest BCUT2D eigenvalue weighted by Crippen LogP contribution is -2.50. The minimum absolute atomic E-state index is 0.0987. The van der Waals surface area contributed by atoms with Gasteiger partial charge in [-0.05, 0) is 41.7 Å². The van der Waals surface area contributed by atoms with Crippen LogP contribution in [0.15, 0.2) is 97.5 Å². The van der Waals surface area contributed by atoms with Crippen molar-refractivity contribution >= 4 is 23.8 Å². The zero-order chi connectivity index (χ0) is 34.6. The highest BCUT2D eigenvalue weighted by atomic mass is 19.1. The number of nitrogens with one attached hydrogen (secondary N) is 2. The molecule has 2 heterocycles. The smallest absolute Gasteiger partial charge is 0.421 e. The van der Waals surface area contributed by atoms with E-state index in [0.29, 0.717) is 31.7 Å². The number of halogens is 1. The molecule has 5 rings (SSSR count). The molecule has 0 saturated carbocycles. The van der Waals surface area contributed by atoms with Gasteiger partial charge in [-0.15, -0.1) is 0 Å². The van der Waals surface area contributed by atoms with Crippen LogP contribution in [0.25, 0.3) is 0 Å². The summed E-state index contributed by atoms with van der Waals surface area (Å²) < 4.78 is 29.4. The Kier molecular flexibility index (Phi) is 12.3. The first-order valence-corrected chi connectivity index (χ1v) is 15.9. The number of anilines is 1. The molecule has 256 valence electrons. The van der Waals surface area contributed by atoms with Crippen LogP contribution in [0.1, 0.15) is 34.7 Å². The molecule has 0 aliphatic carbocycles. The van der Waals surface area contributed by atoms with Crippen LogP contribution in [0, 0.1) is 5.82 Å². The van der Waals surface area contributed by atoms with E-state index in [9.17, 15) is 18.8 Å². The summed E-state index contributed by atoms with van der Waals surface area (Å²) in [7, 11) is 1.19. The summed E-state index contributed by atoms with van der Waals surface area (Å²) in [4.78, 5) is 48.8. The SMILES string of the molecule is COC(=O)N(C(=O)[C@@H](N)C(c1ccccc1)c1ccccc1)c1cncnc1CC[C@@H]1CN[C@H](COC(=O)NCc2ccc(F)cc2)CO1. The number of carbonyl (C=O) groups is 3. The number of aromatic nitrogens is 2. The molecule has 0 radical (unpaired) electrons. The fraction of sp³-hybridized carbons (Fsp3) is 0.306. The van der Waals surface area contributed by atoms with Gasteiger partial charge in [-0.1, -0.05) is 72.8 Å². The molecule has 4 aromatic rings. The average Bonchev–Trinajstić information content (AvgIpc) is 3.14. The monoisotopic (exact) mass is 670 g/mol. The highest BCUT2D eigenvalue weighted by Gasteiger charge is 2.37. The summed E-state index contributed by atoms with van der Waals surface area (Å²) in [6, 6.07) is 23.3. The maximum atomic E-state index is 14.1. The molecular weight excluding hydrogens is 631 g/mol. The van der Waals surface area contributed by atoms with Gasteiger partial charge in [-0.2, -0.15) is 0 Å². The molecule has 13 heteroatoms. The largest absolute Gasteiger partial charge is 0.452 e. The molecule has 4 N–H and O–H groups in total. The number of carbonyl (C=O) groups excluding carboxylic acids is 3. The third-order valence-corrected chi connectivity index (χ3v) is 8.19. The standard InChI is InChI=1S/C36H39FN6O6/c1-47-36(46)43(34(44)33(38)32(25-8-4-2-5-9-25)26-10-6-3-7-11-26)31-20-39-23-42-30(31)17-16-29-19-40-28(21-48-29)22-49-35(45)41-18-24-12-14-27(37)15-13-24/h2-15,20,23,28-29,32-33,40H,16-19,21-22,38H2,1H3,(H,41,45)/t28-,29+,33-/m0/s1. The fourth-order valence-corrected chi connectivity index (χ4v) is 5.61. The van der Waals surface area contributed by atoms with Crippen LogP contribution >= 0.6 is 0 Å². The molecule has 0 unspecified atom stereocenters. The molecule has 3 aromatic carbocycles. The summed E-state index contributed by atoms with van der Waals surface area (Å²) in [6.45, 7) is 1.09. The van der Waals surface area contributed by atoms with Crippen LogP contribution in [0.4, 0.5) is 19.7 Å². The van der Waals surface area contributed by atoms with Gasteiger partial charge in [0.2, 0.25) is 0 Å². The van der Waals surface area contributed by atoms with Crippen LogP contribution in [-0.4, -0.2) is 73.1 Å². The van der Waals surface area contributed by atoms with E-state index in [1.165, 1.54) is 31.8 Å². The molecule has 12 nitrogen and oxygen atoms in total. The Labute approximate surface area is 283 Å². The molecule has 0 spiro atoms. The summed E-state index contributed by atoms with van der Waals surface area (Å²) in [6.07, 6.45) is 1.91. The Hall–Kier alpha value is -5.24. The predicted octanol–water partition coefficient (Wildman–Crippen LogP) is 4.09. The molecule has 49 heavy (non-hydrogen) atoms. The molecule has 0 bridgehead atoms. The van der Waals surface area contributed by atoms with Crippen molar-refractivity contribution in [2.24, 2.45) is 5.73 Å². The highest BCUT2D eigenvalue weighted by molar-refractivity contribution is 6.14. The van der Waals surface area contributed by atoms with Crippen LogP contribution < -0.4 is 21.3 Å². The number of methoxy groups -OCH3 is 1. The van der Waals surface area contributed by atoms with Gasteiger partial charge in [0, 0.05) is 19.0 Å². The van der Waals surface area contributed by atoms with Gasteiger partial charge in [0.25, 0.3) is 5.91 Å². The summed E-state index contributed by atoms with van der Waals surface area (Å²) in [5.41, 5.74) is 9.70. The molecule has 1 saturated heterocycles. The van der Waals surface area contributed by atoms with E-state index in [1.807, 2.05) is 60.7 Å². The van der Waals surface area contributed by atoms with E-state index >= 15 is 0 Å². The second-order valence-electron chi connectivity index (χ2n) is 11.5. The molecule has 3 amide bonds. The summed E-state index contributed by atoms with van der Waals surface area (Å²) in [5.74, 6) is -1.56. The number of alkyl carbamates (subject to hydrolysis) is 1. The molecule has 1 fully saturated rings. The Morgan fingerprint density at radius 3 is 2.33 bits per heavy atom. The lowest BCUT2D eigenvalue weighted by Gasteiger charge is -2.31. The maximum absolute atomic E-state index is 14.1. The summed E-state index contributed by atoms with van der Waals surface area (Å²) in [5, 5.41) is 5.96. The number of nitrogens with two attached hydrogens (primary N) is 1. The van der Waals surface area contributed by atoms with Crippen LogP contribution in [0.3, 0.4) is 0 Å². The number of rotatable bonds is 12. The van der Waals surface area contributed by atoms with E-state index in [4.69, 9.17) is 19.9 Å². The topological polar surface area (TPSA) is 158 Å². The van der Waals surface area contributed by atoms with Crippen molar-refractivity contribution in [3.05, 3.63) is 126 Å². The number of ether oxygens (including phenoxy) is 3. The number of hydrogen-bond acceptors (Lipinski definition) is 10. The first-order chi connectivity index (χ1) is 23.8. The van der Waals surface area contributed by atoms with E-state index < -0.39 is 30.1 Å². The number of hydrogen-bond donors (Lipinski definition) is 3. The van der Waals surface area contributed by atoms with Crippen LogP contribution in [-0.2, 0) is 32.0 Å². The van der Waals surface area contributed by atoms with Crippen molar-refractivity contribution < 1.29 is 33.0 Å². The van der Waals surface area contributed by atoms with Gasteiger partial charge in [0.1, 0.15) is 18.8 Å². The van der Waals surface area contributed by atoms with Gasteiger partial charge in [-0.25, -0.2) is 28.8 Å². The quantitative estimate of drug-likeness (QED) is 0.201. The number of morpholine rings is 1. The maximum Gasteiger partial charge on any atom is 0.421 e. The minimum Gasteiger partial charge on any atom is -0.452 e. The number of amides is 3. The van der Waals surface area contributed by atoms with Crippen molar-refractivity contribution in [3.8, 4) is 0 Å². The van der Waals surface area contributed by atoms with Gasteiger partial charge in [0.05, 0.1) is 49.5 Å². The van der Waals surface area contributed by atoms with Crippen molar-refractivity contribution in [2.75, 3.05) is 31.8 Å². The number of imide groups is 1. The van der Waals surface area contributed by atoms with E-state index in [-0.39, 0.29) is 36.8 Å². The van der Waals surface area contributed by atoms with Crippen LogP contribution in [0.5, 0.6) is 0 Å². The first kappa shape index (κ1) is 35.1. The van der Waals surface area contributed by atoms with Crippen molar-refractivity contribution in [1.29, 1.82) is 0 Å². The van der Waals surface area contributed by atoms with Crippen molar-refractivity contribution in [1.82, 2.24) is 20.6 Å². The Morgan fingerprint density at radius 1 is 1.04 bits per heavy atom. The Morgan fingerprint density at radius 2 is 1.71 bits per heavy atom. The number of benzene rings is 3. The van der Waals surface area contributed by atoms with E-state index in [2.05, 4.69) is 20.6 Å². The molecule has 1 aliphatic rings. The number of aryl methyl sites for hydroxylation is 1. The lowest BCUT2D eigenvalue weighted by atomic mass is 9.84. The van der Waals surface area contributed by atoms with E-state index in [0.717, 1.165) is 21.6 Å². The Balaban J connectivity index is 1.19. The zero-order valence-corrected chi connectivity index (χ0v) is 27.0. The first-order valence-electron chi connectivity index (χ1n) is 15.9. The van der Waals surface area contributed by atoms with Gasteiger partial charge in [-0.3, -0.25) is 4.79 Å². The second kappa shape index (κ2) is 17.2. The highest BCUT2D eigenvalue weighted by Crippen LogP contribution is 2.30. The summed E-state index contributed by atoms with van der Waals surface area (Å²) >= 11 is 0. The van der Waals surface area contributed by atoms with Gasteiger partial charge in [0.15, 0.2) is 0 Å². The minimum atomic E-state index is -1.15. The van der Waals surface area contributed by atoms with Gasteiger partial charge < -0.3 is 30.6 Å². The predicted molar refractivity (Wildman–Crippen MR) is 179 cm³/mol. The van der Waals surface area contributed by atoms with Crippen molar-refractivity contribution in [3.63, 3.8) is 0 Å². The Bertz CT molecular complexity index is 1630. The molecular formula is C36H39FN6O6. The average molecular weight is 671 g/mol. The molecule has 3 atom stereocenters. The van der Waals surface area contributed by atoms with Crippen molar-refractivity contribution in [2.45, 2.75) is 43.5 Å². The zero-order valence-electron chi connectivity index (χ0n) is 27.0. The van der Waals surface area contributed by atoms with E-state index in [1.54, 1.807) is 12.1 Å².